The maximum Gasteiger partial charge on any atom is 0.321 e. The minimum atomic E-state index is -3.95. The molecule has 0 aliphatic carbocycles. The van der Waals surface area contributed by atoms with E-state index in [9.17, 15) is 18.3 Å². The van der Waals surface area contributed by atoms with E-state index in [-0.39, 0.29) is 11.3 Å². The molecule has 26 heavy (non-hydrogen) atoms. The van der Waals surface area contributed by atoms with Crippen molar-refractivity contribution < 1.29 is 23.1 Å². The maximum atomic E-state index is 12.4. The third-order valence-electron chi connectivity index (χ3n) is 3.64. The second-order valence-electron chi connectivity index (χ2n) is 5.66. The second kappa shape index (κ2) is 9.02. The molecule has 1 atom stereocenters. The fourth-order valence-corrected chi connectivity index (χ4v) is 3.64. The minimum Gasteiger partial charge on any atom is -0.480 e. The number of unbranched alkanes of at least 4 members (excludes halogenated alkanes) is 1. The SMILES string of the molecule is CCCC[C@H](NS(=O)(=O)c1ccc(Oc2ccccc2Cl)cc1)C(=O)O. The topological polar surface area (TPSA) is 92.7 Å². The van der Waals surface area contributed by atoms with Crippen LogP contribution in [0.5, 0.6) is 11.5 Å². The van der Waals surface area contributed by atoms with Crippen LogP contribution in [-0.4, -0.2) is 25.5 Å². The lowest BCUT2D eigenvalue weighted by Gasteiger charge is -2.15. The van der Waals surface area contributed by atoms with Gasteiger partial charge in [-0.05, 0) is 42.8 Å². The summed E-state index contributed by atoms with van der Waals surface area (Å²) in [4.78, 5) is 11.2. The van der Waals surface area contributed by atoms with Crippen molar-refractivity contribution in [2.45, 2.75) is 37.1 Å². The molecule has 0 radical (unpaired) electrons. The van der Waals surface area contributed by atoms with Crippen LogP contribution in [0.1, 0.15) is 26.2 Å². The fourth-order valence-electron chi connectivity index (χ4n) is 2.24. The third-order valence-corrected chi connectivity index (χ3v) is 5.44. The summed E-state index contributed by atoms with van der Waals surface area (Å²) in [6.07, 6.45) is 1.63. The molecular formula is C18H20ClNO5S. The Morgan fingerprint density at radius 3 is 2.42 bits per heavy atom. The number of halogens is 1. The number of carboxylic acids is 1. The number of aliphatic carboxylic acids is 1. The number of benzene rings is 2. The maximum absolute atomic E-state index is 12.4. The molecule has 0 saturated carbocycles. The Morgan fingerprint density at radius 2 is 1.85 bits per heavy atom. The van der Waals surface area contributed by atoms with Crippen LogP contribution >= 0.6 is 11.6 Å². The van der Waals surface area contributed by atoms with Crippen molar-refractivity contribution in [3.8, 4) is 11.5 Å². The first-order chi connectivity index (χ1) is 12.3. The molecule has 2 aromatic carbocycles. The van der Waals surface area contributed by atoms with Gasteiger partial charge in [0.1, 0.15) is 17.5 Å². The van der Waals surface area contributed by atoms with E-state index < -0.39 is 22.0 Å². The molecule has 0 amide bonds. The lowest BCUT2D eigenvalue weighted by atomic mass is 10.1. The van der Waals surface area contributed by atoms with E-state index in [0.29, 0.717) is 22.9 Å². The van der Waals surface area contributed by atoms with E-state index in [0.717, 1.165) is 6.42 Å². The lowest BCUT2D eigenvalue weighted by Crippen LogP contribution is -2.40. The number of carbonyl (C=O) groups is 1. The van der Waals surface area contributed by atoms with Crippen molar-refractivity contribution in [3.05, 3.63) is 53.6 Å². The molecule has 0 heterocycles. The quantitative estimate of drug-likeness (QED) is 0.665. The highest BCUT2D eigenvalue weighted by atomic mass is 35.5. The molecule has 140 valence electrons. The molecule has 0 fully saturated rings. The molecule has 0 spiro atoms. The molecule has 0 unspecified atom stereocenters. The first kappa shape index (κ1) is 20.2. The van der Waals surface area contributed by atoms with Crippen molar-refractivity contribution in [2.24, 2.45) is 0 Å². The Morgan fingerprint density at radius 1 is 1.19 bits per heavy atom. The van der Waals surface area contributed by atoms with Gasteiger partial charge in [0.15, 0.2) is 0 Å². The second-order valence-corrected chi connectivity index (χ2v) is 7.78. The number of rotatable bonds is 9. The van der Waals surface area contributed by atoms with Crippen LogP contribution in [0.3, 0.4) is 0 Å². The van der Waals surface area contributed by atoms with Gasteiger partial charge in [-0.2, -0.15) is 4.72 Å². The highest BCUT2D eigenvalue weighted by Gasteiger charge is 2.24. The average Bonchev–Trinajstić information content (AvgIpc) is 2.61. The molecule has 2 aromatic rings. The van der Waals surface area contributed by atoms with E-state index in [1.54, 1.807) is 24.3 Å². The first-order valence-electron chi connectivity index (χ1n) is 8.11. The first-order valence-corrected chi connectivity index (χ1v) is 9.97. The Hall–Kier alpha value is -2.09. The Bertz CT molecular complexity index is 852. The number of ether oxygens (including phenoxy) is 1. The molecule has 2 N–H and O–H groups in total. The summed E-state index contributed by atoms with van der Waals surface area (Å²) in [6.45, 7) is 1.91. The van der Waals surface area contributed by atoms with Gasteiger partial charge >= 0.3 is 5.97 Å². The van der Waals surface area contributed by atoms with Crippen LogP contribution in [0, 0.1) is 0 Å². The van der Waals surface area contributed by atoms with Gasteiger partial charge in [-0.1, -0.05) is 43.5 Å². The van der Waals surface area contributed by atoms with E-state index >= 15 is 0 Å². The number of hydrogen-bond donors (Lipinski definition) is 2. The molecule has 0 aliphatic heterocycles. The van der Waals surface area contributed by atoms with Gasteiger partial charge < -0.3 is 9.84 Å². The highest BCUT2D eigenvalue weighted by Crippen LogP contribution is 2.29. The summed E-state index contributed by atoms with van der Waals surface area (Å²) in [6, 6.07) is 11.4. The van der Waals surface area contributed by atoms with Crippen LogP contribution in [-0.2, 0) is 14.8 Å². The lowest BCUT2D eigenvalue weighted by molar-refractivity contribution is -0.139. The van der Waals surface area contributed by atoms with Crippen LogP contribution in [0.4, 0.5) is 0 Å². The van der Waals surface area contributed by atoms with Crippen molar-refractivity contribution in [1.82, 2.24) is 4.72 Å². The number of sulfonamides is 1. The molecule has 0 aromatic heterocycles. The number of hydrogen-bond acceptors (Lipinski definition) is 4. The van der Waals surface area contributed by atoms with Crippen LogP contribution < -0.4 is 9.46 Å². The summed E-state index contributed by atoms with van der Waals surface area (Å²) in [5.74, 6) is -0.327. The van der Waals surface area contributed by atoms with Crippen molar-refractivity contribution in [3.63, 3.8) is 0 Å². The van der Waals surface area contributed by atoms with Crippen molar-refractivity contribution in [2.75, 3.05) is 0 Å². The molecular weight excluding hydrogens is 378 g/mol. The predicted octanol–water partition coefficient (Wildman–Crippen LogP) is 4.05. The summed E-state index contributed by atoms with van der Waals surface area (Å²) >= 11 is 6.02. The molecule has 0 bridgehead atoms. The summed E-state index contributed by atoms with van der Waals surface area (Å²) in [5.41, 5.74) is 0. The van der Waals surface area contributed by atoms with E-state index in [1.807, 2.05) is 6.92 Å². The summed E-state index contributed by atoms with van der Waals surface area (Å²) in [7, 11) is -3.95. The van der Waals surface area contributed by atoms with Gasteiger partial charge in [0.2, 0.25) is 10.0 Å². The largest absolute Gasteiger partial charge is 0.480 e. The predicted molar refractivity (Wildman–Crippen MR) is 99.2 cm³/mol. The van der Waals surface area contributed by atoms with Gasteiger partial charge in [-0.15, -0.1) is 0 Å². The zero-order chi connectivity index (χ0) is 19.2. The fraction of sp³-hybridized carbons (Fsp3) is 0.278. The minimum absolute atomic E-state index is 0.0354. The average molecular weight is 398 g/mol. The zero-order valence-corrected chi connectivity index (χ0v) is 15.8. The molecule has 0 saturated heterocycles. The van der Waals surface area contributed by atoms with Gasteiger partial charge in [-0.3, -0.25) is 4.79 Å². The smallest absolute Gasteiger partial charge is 0.321 e. The van der Waals surface area contributed by atoms with Gasteiger partial charge in [0, 0.05) is 0 Å². The van der Waals surface area contributed by atoms with E-state index in [2.05, 4.69) is 4.72 Å². The standard InChI is InChI=1S/C18H20ClNO5S/c1-2-3-7-16(18(21)22)20-26(23,24)14-11-9-13(10-12-14)25-17-8-5-4-6-15(17)19/h4-6,8-12,16,20H,2-3,7H2,1H3,(H,21,22)/t16-/m0/s1. The van der Waals surface area contributed by atoms with Crippen LogP contribution in [0.2, 0.25) is 5.02 Å². The number of carboxylic acid groups (broad SMARTS) is 1. The van der Waals surface area contributed by atoms with Crippen LogP contribution in [0.15, 0.2) is 53.4 Å². The van der Waals surface area contributed by atoms with Crippen molar-refractivity contribution in [1.29, 1.82) is 0 Å². The van der Waals surface area contributed by atoms with E-state index in [1.165, 1.54) is 24.3 Å². The summed E-state index contributed by atoms with van der Waals surface area (Å²) < 4.78 is 32.6. The summed E-state index contributed by atoms with van der Waals surface area (Å²) in [5, 5.41) is 9.62. The van der Waals surface area contributed by atoms with Gasteiger partial charge in [0.25, 0.3) is 0 Å². The van der Waals surface area contributed by atoms with Gasteiger partial charge in [-0.25, -0.2) is 8.42 Å². The molecule has 2 rings (SSSR count). The number of nitrogens with one attached hydrogen (secondary N) is 1. The highest BCUT2D eigenvalue weighted by molar-refractivity contribution is 7.89. The third kappa shape index (κ3) is 5.45. The Labute approximate surface area is 157 Å². The molecule has 0 aliphatic rings. The Balaban J connectivity index is 2.13. The van der Waals surface area contributed by atoms with Crippen molar-refractivity contribution >= 4 is 27.6 Å². The monoisotopic (exact) mass is 397 g/mol. The molecule has 6 nitrogen and oxygen atoms in total. The number of para-hydroxylation sites is 1. The van der Waals surface area contributed by atoms with Gasteiger partial charge in [0.05, 0.1) is 9.92 Å². The zero-order valence-electron chi connectivity index (χ0n) is 14.2. The normalized spacial score (nSPS) is 12.5. The van der Waals surface area contributed by atoms with E-state index in [4.69, 9.17) is 16.3 Å². The van der Waals surface area contributed by atoms with Crippen LogP contribution in [0.25, 0.3) is 0 Å². The molecule has 8 heteroatoms. The Kier molecular flexibility index (Phi) is 7.02.